The molecule has 0 radical (unpaired) electrons. The molecule has 2 aliphatic rings. The summed E-state index contributed by atoms with van der Waals surface area (Å²) >= 11 is 1.59. The maximum Gasteiger partial charge on any atom is 0.236 e. The Labute approximate surface area is 157 Å². The van der Waals surface area contributed by atoms with Crippen molar-refractivity contribution in [1.29, 1.82) is 0 Å². The Kier molecular flexibility index (Phi) is 4.80. The Balaban J connectivity index is 1.59. The lowest BCUT2D eigenvalue weighted by Gasteiger charge is -2.36. The van der Waals surface area contributed by atoms with E-state index in [0.717, 1.165) is 54.4 Å². The van der Waals surface area contributed by atoms with Crippen LogP contribution in [0.1, 0.15) is 38.1 Å². The quantitative estimate of drug-likeness (QED) is 0.887. The molecular formula is C19H23N3O3S. The standard InChI is InChI=1S/C19H23N3O3S/c1-12(26-2)19(23)22-8-4-3-5-15(22)18-20-10-14(21-18)13-6-7-16-17(9-13)25-11-24-16/h6-7,9-10,12,15H,3-5,8,11H2,1-2H3,(H,20,21). The van der Waals surface area contributed by atoms with Gasteiger partial charge in [-0.05, 0) is 50.6 Å². The molecule has 0 saturated carbocycles. The third-order valence-electron chi connectivity index (χ3n) is 5.08. The van der Waals surface area contributed by atoms with Crippen molar-refractivity contribution in [3.8, 4) is 22.8 Å². The number of nitrogens with one attached hydrogen (secondary N) is 1. The average Bonchev–Trinajstić information content (AvgIpc) is 3.35. The monoisotopic (exact) mass is 373 g/mol. The molecule has 2 unspecified atom stereocenters. The molecule has 1 amide bonds. The number of hydrogen-bond acceptors (Lipinski definition) is 5. The molecule has 7 heteroatoms. The van der Waals surface area contributed by atoms with Gasteiger partial charge in [0.05, 0.1) is 23.2 Å². The maximum atomic E-state index is 12.8. The Hall–Kier alpha value is -2.15. The number of piperidine rings is 1. The zero-order chi connectivity index (χ0) is 18.1. The van der Waals surface area contributed by atoms with Crippen molar-refractivity contribution in [2.24, 2.45) is 0 Å². The van der Waals surface area contributed by atoms with Crippen LogP contribution in [0.3, 0.4) is 0 Å². The lowest BCUT2D eigenvalue weighted by atomic mass is 10.0. The third-order valence-corrected chi connectivity index (χ3v) is 5.99. The molecule has 6 nitrogen and oxygen atoms in total. The van der Waals surface area contributed by atoms with E-state index >= 15 is 0 Å². The SMILES string of the molecule is CSC(C)C(=O)N1CCCCC1c1ncc(-c2ccc3c(c2)OCO3)[nH]1. The fourth-order valence-corrected chi connectivity index (χ4v) is 3.87. The van der Waals surface area contributed by atoms with Crippen molar-refractivity contribution in [2.75, 3.05) is 19.6 Å². The van der Waals surface area contributed by atoms with Crippen molar-refractivity contribution in [3.63, 3.8) is 0 Å². The van der Waals surface area contributed by atoms with Crippen LogP contribution in [-0.4, -0.2) is 45.6 Å². The molecule has 1 aromatic heterocycles. The summed E-state index contributed by atoms with van der Waals surface area (Å²) < 4.78 is 10.8. The average molecular weight is 373 g/mol. The van der Waals surface area contributed by atoms with Gasteiger partial charge in [0.15, 0.2) is 11.5 Å². The largest absolute Gasteiger partial charge is 0.454 e. The van der Waals surface area contributed by atoms with Gasteiger partial charge >= 0.3 is 0 Å². The van der Waals surface area contributed by atoms with E-state index in [0.29, 0.717) is 0 Å². The minimum Gasteiger partial charge on any atom is -0.454 e. The van der Waals surface area contributed by atoms with Crippen LogP contribution >= 0.6 is 11.8 Å². The van der Waals surface area contributed by atoms with E-state index in [4.69, 9.17) is 9.47 Å². The second-order valence-corrected chi connectivity index (χ2v) is 7.85. The zero-order valence-electron chi connectivity index (χ0n) is 15.0. The molecule has 0 spiro atoms. The highest BCUT2D eigenvalue weighted by Gasteiger charge is 2.32. The molecule has 1 saturated heterocycles. The summed E-state index contributed by atoms with van der Waals surface area (Å²) in [6.07, 6.45) is 6.93. The first-order chi connectivity index (χ1) is 12.7. The van der Waals surface area contributed by atoms with Crippen LogP contribution < -0.4 is 9.47 Å². The Morgan fingerprint density at radius 3 is 3.04 bits per heavy atom. The first-order valence-corrected chi connectivity index (χ1v) is 10.2. The van der Waals surface area contributed by atoms with E-state index in [9.17, 15) is 4.79 Å². The van der Waals surface area contributed by atoms with Gasteiger partial charge < -0.3 is 19.4 Å². The number of nitrogens with zero attached hydrogens (tertiary/aromatic N) is 2. The fourth-order valence-electron chi connectivity index (χ4n) is 3.53. The van der Waals surface area contributed by atoms with Crippen molar-refractivity contribution in [3.05, 3.63) is 30.2 Å². The van der Waals surface area contributed by atoms with Crippen LogP contribution in [0.25, 0.3) is 11.3 Å². The number of benzene rings is 1. The summed E-state index contributed by atoms with van der Waals surface area (Å²) in [5.74, 6) is 2.58. The lowest BCUT2D eigenvalue weighted by Crippen LogP contribution is -2.42. The fraction of sp³-hybridized carbons (Fsp3) is 0.474. The topological polar surface area (TPSA) is 67.5 Å². The number of likely N-dealkylation sites (tertiary alicyclic amines) is 1. The van der Waals surface area contributed by atoms with Crippen molar-refractivity contribution in [1.82, 2.24) is 14.9 Å². The number of ether oxygens (including phenoxy) is 2. The number of imidazole rings is 1. The van der Waals surface area contributed by atoms with Gasteiger partial charge in [0.1, 0.15) is 5.82 Å². The molecule has 0 aliphatic carbocycles. The van der Waals surface area contributed by atoms with E-state index in [1.165, 1.54) is 0 Å². The number of aromatic amines is 1. The van der Waals surface area contributed by atoms with Crippen molar-refractivity contribution >= 4 is 17.7 Å². The molecule has 138 valence electrons. The van der Waals surface area contributed by atoms with Gasteiger partial charge in [-0.25, -0.2) is 4.98 Å². The molecule has 2 atom stereocenters. The van der Waals surface area contributed by atoms with E-state index in [2.05, 4.69) is 9.97 Å². The van der Waals surface area contributed by atoms with Gasteiger partial charge in [0, 0.05) is 12.1 Å². The van der Waals surface area contributed by atoms with Crippen LogP contribution in [0.2, 0.25) is 0 Å². The number of carbonyl (C=O) groups excluding carboxylic acids is 1. The summed E-state index contributed by atoms with van der Waals surface area (Å²) in [6.45, 7) is 3.03. The predicted octanol–water partition coefficient (Wildman–Crippen LogP) is 3.61. The predicted molar refractivity (Wildman–Crippen MR) is 101 cm³/mol. The van der Waals surface area contributed by atoms with Gasteiger partial charge in [-0.2, -0.15) is 11.8 Å². The zero-order valence-corrected chi connectivity index (χ0v) is 15.8. The molecule has 26 heavy (non-hydrogen) atoms. The van der Waals surface area contributed by atoms with Gasteiger partial charge in [-0.3, -0.25) is 4.79 Å². The Bertz CT molecular complexity index is 807. The van der Waals surface area contributed by atoms with E-state index in [1.807, 2.05) is 42.5 Å². The van der Waals surface area contributed by atoms with Gasteiger partial charge in [-0.15, -0.1) is 0 Å². The maximum absolute atomic E-state index is 12.8. The molecule has 0 bridgehead atoms. The molecular weight excluding hydrogens is 350 g/mol. The van der Waals surface area contributed by atoms with Gasteiger partial charge in [-0.1, -0.05) is 0 Å². The first-order valence-electron chi connectivity index (χ1n) is 8.95. The summed E-state index contributed by atoms with van der Waals surface area (Å²) in [7, 11) is 0. The molecule has 1 N–H and O–H groups in total. The second kappa shape index (κ2) is 7.23. The van der Waals surface area contributed by atoms with Crippen LogP contribution in [0, 0.1) is 0 Å². The number of carbonyl (C=O) groups is 1. The summed E-state index contributed by atoms with van der Waals surface area (Å²) in [6, 6.07) is 5.88. The highest BCUT2D eigenvalue weighted by atomic mass is 32.2. The number of fused-ring (bicyclic) bond motifs is 1. The molecule has 2 aromatic rings. The van der Waals surface area contributed by atoms with E-state index in [-0.39, 0.29) is 24.0 Å². The summed E-state index contributed by atoms with van der Waals surface area (Å²) in [5.41, 5.74) is 1.92. The molecule has 1 fully saturated rings. The molecule has 2 aliphatic heterocycles. The number of hydrogen-bond donors (Lipinski definition) is 1. The van der Waals surface area contributed by atoms with Gasteiger partial charge in [0.25, 0.3) is 0 Å². The first kappa shape index (κ1) is 17.3. The van der Waals surface area contributed by atoms with Crippen LogP contribution in [0.15, 0.2) is 24.4 Å². The number of H-pyrrole nitrogens is 1. The summed E-state index contributed by atoms with van der Waals surface area (Å²) in [5, 5.41) is -0.0288. The highest BCUT2D eigenvalue weighted by molar-refractivity contribution is 7.99. The number of thioether (sulfide) groups is 1. The van der Waals surface area contributed by atoms with Crippen molar-refractivity contribution < 1.29 is 14.3 Å². The van der Waals surface area contributed by atoms with Crippen LogP contribution in [0.5, 0.6) is 11.5 Å². The Morgan fingerprint density at radius 2 is 2.19 bits per heavy atom. The van der Waals surface area contributed by atoms with E-state index in [1.54, 1.807) is 11.8 Å². The van der Waals surface area contributed by atoms with Crippen LogP contribution in [0.4, 0.5) is 0 Å². The minimum absolute atomic E-state index is 0.0219. The number of aromatic nitrogens is 2. The molecule has 4 rings (SSSR count). The number of rotatable bonds is 4. The number of amides is 1. The highest BCUT2D eigenvalue weighted by Crippen LogP contribution is 2.36. The minimum atomic E-state index is -0.0288. The van der Waals surface area contributed by atoms with E-state index < -0.39 is 0 Å². The molecule has 3 heterocycles. The van der Waals surface area contributed by atoms with Crippen LogP contribution in [-0.2, 0) is 4.79 Å². The van der Waals surface area contributed by atoms with Gasteiger partial charge in [0.2, 0.25) is 12.7 Å². The third kappa shape index (κ3) is 3.16. The Morgan fingerprint density at radius 1 is 1.35 bits per heavy atom. The lowest BCUT2D eigenvalue weighted by molar-refractivity contribution is -0.134. The second-order valence-electron chi connectivity index (χ2n) is 6.67. The normalized spacial score (nSPS) is 20.2. The smallest absolute Gasteiger partial charge is 0.236 e. The summed E-state index contributed by atoms with van der Waals surface area (Å²) in [4.78, 5) is 22.8. The van der Waals surface area contributed by atoms with Crippen molar-refractivity contribution in [2.45, 2.75) is 37.5 Å². The molecule has 1 aromatic carbocycles.